The average Bonchev–Trinajstić information content (AvgIpc) is 2.80. The Bertz CT molecular complexity index is 963. The number of alkyl carbamates (subject to hydrolysis) is 1. The van der Waals surface area contributed by atoms with Crippen molar-refractivity contribution in [1.29, 1.82) is 0 Å². The molecule has 4 rings (SSSR count). The Labute approximate surface area is 219 Å². The highest BCUT2D eigenvalue weighted by Crippen LogP contribution is 2.34. The summed E-state index contributed by atoms with van der Waals surface area (Å²) < 4.78 is 5.39. The Balaban J connectivity index is 1.21. The molecule has 198 valence electrons. The monoisotopic (exact) mass is 518 g/mol. The molecular formula is C27H39ClN4O4. The molecule has 2 aliphatic heterocycles. The molecule has 1 aromatic rings. The lowest BCUT2D eigenvalue weighted by Gasteiger charge is -2.39. The molecule has 0 aromatic heterocycles. The summed E-state index contributed by atoms with van der Waals surface area (Å²) >= 11 is 6.58. The van der Waals surface area contributed by atoms with E-state index in [1.807, 2.05) is 39.0 Å². The minimum absolute atomic E-state index is 0.209. The number of hydrogen-bond donors (Lipinski definition) is 2. The molecule has 9 heteroatoms. The van der Waals surface area contributed by atoms with E-state index in [0.29, 0.717) is 23.8 Å². The third-order valence-corrected chi connectivity index (χ3v) is 7.75. The number of piperazine rings is 1. The van der Waals surface area contributed by atoms with E-state index in [9.17, 15) is 14.4 Å². The maximum Gasteiger partial charge on any atom is 0.407 e. The van der Waals surface area contributed by atoms with Crippen LogP contribution in [-0.2, 0) is 14.3 Å². The van der Waals surface area contributed by atoms with Gasteiger partial charge in [0.15, 0.2) is 0 Å². The van der Waals surface area contributed by atoms with Crippen molar-refractivity contribution in [2.24, 2.45) is 5.92 Å². The van der Waals surface area contributed by atoms with Crippen molar-refractivity contribution < 1.29 is 19.1 Å². The van der Waals surface area contributed by atoms with Crippen LogP contribution in [0.2, 0.25) is 5.02 Å². The van der Waals surface area contributed by atoms with Gasteiger partial charge in [0.1, 0.15) is 5.60 Å². The minimum Gasteiger partial charge on any atom is -0.444 e. The number of nitrogens with zero attached hydrogens (tertiary/aromatic N) is 2. The Morgan fingerprint density at radius 2 is 1.78 bits per heavy atom. The number of benzene rings is 1. The summed E-state index contributed by atoms with van der Waals surface area (Å²) in [5.41, 5.74) is 1.40. The number of amides is 3. The fourth-order valence-electron chi connectivity index (χ4n) is 5.50. The minimum atomic E-state index is -0.468. The number of piperidine rings is 1. The topological polar surface area (TPSA) is 91.0 Å². The average molecular weight is 519 g/mol. The van der Waals surface area contributed by atoms with E-state index in [1.54, 1.807) is 0 Å². The number of halogens is 1. The Morgan fingerprint density at radius 1 is 1.08 bits per heavy atom. The second-order valence-electron chi connectivity index (χ2n) is 11.4. The Morgan fingerprint density at radius 3 is 2.39 bits per heavy atom. The number of carbonyl (C=O) groups is 3. The molecule has 3 amide bonds. The largest absolute Gasteiger partial charge is 0.444 e. The molecule has 2 heterocycles. The maximum absolute atomic E-state index is 12.2. The van der Waals surface area contributed by atoms with Crippen LogP contribution >= 0.6 is 11.6 Å². The maximum atomic E-state index is 12.2. The number of anilines is 1. The van der Waals surface area contributed by atoms with E-state index < -0.39 is 5.60 Å². The summed E-state index contributed by atoms with van der Waals surface area (Å²) in [4.78, 5) is 40.6. The number of carbonyl (C=O) groups excluding carboxylic acids is 3. The third-order valence-electron chi connectivity index (χ3n) is 7.42. The first-order valence-corrected chi connectivity index (χ1v) is 13.5. The van der Waals surface area contributed by atoms with E-state index in [1.165, 1.54) is 0 Å². The molecule has 1 atom stereocenters. The van der Waals surface area contributed by atoms with Gasteiger partial charge >= 0.3 is 6.09 Å². The number of ether oxygens (including phenoxy) is 1. The highest BCUT2D eigenvalue weighted by atomic mass is 35.5. The van der Waals surface area contributed by atoms with Crippen molar-refractivity contribution in [3.05, 3.63) is 28.8 Å². The van der Waals surface area contributed by atoms with Crippen molar-refractivity contribution in [3.8, 4) is 0 Å². The smallest absolute Gasteiger partial charge is 0.407 e. The van der Waals surface area contributed by atoms with Crippen LogP contribution in [0.25, 0.3) is 0 Å². The molecule has 2 N–H and O–H groups in total. The van der Waals surface area contributed by atoms with E-state index >= 15 is 0 Å². The van der Waals surface area contributed by atoms with Gasteiger partial charge in [0.05, 0.1) is 5.92 Å². The van der Waals surface area contributed by atoms with Gasteiger partial charge in [-0.05, 0) is 76.5 Å². The van der Waals surface area contributed by atoms with E-state index in [2.05, 4.69) is 20.4 Å². The molecule has 1 aliphatic carbocycles. The van der Waals surface area contributed by atoms with Gasteiger partial charge in [0.25, 0.3) is 0 Å². The van der Waals surface area contributed by atoms with Crippen molar-refractivity contribution in [3.63, 3.8) is 0 Å². The van der Waals surface area contributed by atoms with Gasteiger partial charge in [0.2, 0.25) is 11.8 Å². The zero-order valence-electron chi connectivity index (χ0n) is 21.6. The fraction of sp³-hybridized carbons (Fsp3) is 0.667. The van der Waals surface area contributed by atoms with Crippen LogP contribution < -0.4 is 15.5 Å². The Hall–Kier alpha value is -2.32. The molecule has 2 saturated heterocycles. The van der Waals surface area contributed by atoms with Gasteiger partial charge < -0.3 is 15.0 Å². The van der Waals surface area contributed by atoms with Gasteiger partial charge in [-0.2, -0.15) is 0 Å². The SMILES string of the molecule is CC(C)(C)OC(=O)NC1CCC(CN2CCN(c3ccc(C4CCC(=O)NC4=O)c(Cl)c3)CC2)CC1. The summed E-state index contributed by atoms with van der Waals surface area (Å²) in [5, 5.41) is 6.03. The van der Waals surface area contributed by atoms with Crippen molar-refractivity contribution in [1.82, 2.24) is 15.5 Å². The molecule has 36 heavy (non-hydrogen) atoms. The summed E-state index contributed by atoms with van der Waals surface area (Å²) in [6.07, 6.45) is 4.78. The van der Waals surface area contributed by atoms with Gasteiger partial charge in [-0.3, -0.25) is 19.8 Å². The van der Waals surface area contributed by atoms with Crippen LogP contribution in [-0.4, -0.2) is 67.2 Å². The lowest BCUT2D eigenvalue weighted by atomic mass is 9.85. The van der Waals surface area contributed by atoms with Crippen LogP contribution in [0.1, 0.15) is 70.8 Å². The van der Waals surface area contributed by atoms with Crippen LogP contribution in [0.4, 0.5) is 10.5 Å². The molecule has 8 nitrogen and oxygen atoms in total. The molecular weight excluding hydrogens is 480 g/mol. The van der Waals surface area contributed by atoms with E-state index in [4.69, 9.17) is 16.3 Å². The Kier molecular flexibility index (Phi) is 8.45. The summed E-state index contributed by atoms with van der Waals surface area (Å²) in [5.74, 6) is -0.178. The number of hydrogen-bond acceptors (Lipinski definition) is 6. The lowest BCUT2D eigenvalue weighted by molar-refractivity contribution is -0.134. The lowest BCUT2D eigenvalue weighted by Crippen LogP contribution is -2.48. The van der Waals surface area contributed by atoms with Gasteiger partial charge in [-0.1, -0.05) is 17.7 Å². The second-order valence-corrected chi connectivity index (χ2v) is 11.8. The quantitative estimate of drug-likeness (QED) is 0.571. The molecule has 3 aliphatic rings. The van der Waals surface area contributed by atoms with Crippen molar-refractivity contribution in [2.45, 2.75) is 76.9 Å². The first-order chi connectivity index (χ1) is 17.1. The number of rotatable bonds is 5. The molecule has 3 fully saturated rings. The molecule has 1 aromatic carbocycles. The van der Waals surface area contributed by atoms with Crippen molar-refractivity contribution in [2.75, 3.05) is 37.6 Å². The number of nitrogens with one attached hydrogen (secondary N) is 2. The van der Waals surface area contributed by atoms with Crippen LogP contribution in [0, 0.1) is 5.92 Å². The van der Waals surface area contributed by atoms with Gasteiger partial charge in [-0.15, -0.1) is 0 Å². The van der Waals surface area contributed by atoms with Crippen molar-refractivity contribution >= 4 is 35.2 Å². The third kappa shape index (κ3) is 7.13. The fourth-order valence-corrected chi connectivity index (χ4v) is 5.81. The first kappa shape index (κ1) is 26.7. The molecule has 1 unspecified atom stereocenters. The predicted octanol–water partition coefficient (Wildman–Crippen LogP) is 4.07. The first-order valence-electron chi connectivity index (χ1n) is 13.2. The van der Waals surface area contributed by atoms with Gasteiger partial charge in [-0.25, -0.2) is 4.79 Å². The molecule has 0 bridgehead atoms. The van der Waals surface area contributed by atoms with Crippen LogP contribution in [0.5, 0.6) is 0 Å². The highest BCUT2D eigenvalue weighted by Gasteiger charge is 2.30. The standard InChI is InChI=1S/C27H39ClN4O4/c1-27(2,3)36-26(35)29-19-6-4-18(5-7-19)17-31-12-14-32(15-13-31)20-8-9-21(23(28)16-20)22-10-11-24(33)30-25(22)34/h8-9,16,18-19,22H,4-7,10-15,17H2,1-3H3,(H,29,35)(H,30,33,34). The number of imide groups is 1. The molecule has 1 saturated carbocycles. The van der Waals surface area contributed by atoms with Crippen LogP contribution in [0.3, 0.4) is 0 Å². The summed E-state index contributed by atoms with van der Waals surface area (Å²) in [6, 6.07) is 6.14. The zero-order chi connectivity index (χ0) is 25.9. The van der Waals surface area contributed by atoms with Gasteiger partial charge in [0, 0.05) is 55.9 Å². The second kappa shape index (κ2) is 11.4. The summed E-state index contributed by atoms with van der Waals surface area (Å²) in [7, 11) is 0. The highest BCUT2D eigenvalue weighted by molar-refractivity contribution is 6.32. The normalized spacial score (nSPS) is 25.9. The van der Waals surface area contributed by atoms with E-state index in [0.717, 1.165) is 69.7 Å². The van der Waals surface area contributed by atoms with E-state index in [-0.39, 0.29) is 29.9 Å². The molecule has 0 radical (unpaired) electrons. The summed E-state index contributed by atoms with van der Waals surface area (Å²) in [6.45, 7) is 10.6. The molecule has 0 spiro atoms. The predicted molar refractivity (Wildman–Crippen MR) is 140 cm³/mol. The van der Waals surface area contributed by atoms with Crippen LogP contribution in [0.15, 0.2) is 18.2 Å². The zero-order valence-corrected chi connectivity index (χ0v) is 22.4.